The number of piperidine rings is 1. The van der Waals surface area contributed by atoms with Gasteiger partial charge in [-0.2, -0.15) is 0 Å². The van der Waals surface area contributed by atoms with Gasteiger partial charge in [0.25, 0.3) is 0 Å². The van der Waals surface area contributed by atoms with Crippen molar-refractivity contribution in [2.24, 2.45) is 0 Å². The first-order valence-corrected chi connectivity index (χ1v) is 8.63. The first kappa shape index (κ1) is 15.8. The lowest BCUT2D eigenvalue weighted by Crippen LogP contribution is -2.55. The third kappa shape index (κ3) is 2.99. The third-order valence-corrected chi connectivity index (χ3v) is 5.50. The van der Waals surface area contributed by atoms with Crippen molar-refractivity contribution in [3.63, 3.8) is 0 Å². The summed E-state index contributed by atoms with van der Waals surface area (Å²) in [6.45, 7) is 7.30. The highest BCUT2D eigenvalue weighted by atomic mass is 16.3. The second kappa shape index (κ2) is 6.17. The fourth-order valence-electron chi connectivity index (χ4n) is 4.00. The molecule has 2 aliphatic rings. The molecule has 1 aromatic rings. The molecule has 3 heterocycles. The van der Waals surface area contributed by atoms with Gasteiger partial charge in [-0.05, 0) is 57.3 Å². The summed E-state index contributed by atoms with van der Waals surface area (Å²) in [4.78, 5) is 9.27. The molecule has 4 heteroatoms. The smallest absolute Gasteiger partial charge is 0.0835 e. The molecule has 122 valence electrons. The van der Waals surface area contributed by atoms with Crippen LogP contribution in [0, 0.1) is 0 Å². The van der Waals surface area contributed by atoms with Gasteiger partial charge in [0, 0.05) is 24.8 Å². The summed E-state index contributed by atoms with van der Waals surface area (Å²) in [7, 11) is 2.15. The number of likely N-dealkylation sites (tertiary alicyclic amines) is 1. The molecule has 2 aliphatic heterocycles. The first-order chi connectivity index (χ1) is 10.5. The van der Waals surface area contributed by atoms with Crippen LogP contribution in [0.25, 0.3) is 0 Å². The minimum absolute atomic E-state index is 0.344. The Bertz CT molecular complexity index is 492. The van der Waals surface area contributed by atoms with E-state index in [1.165, 1.54) is 12.1 Å². The van der Waals surface area contributed by atoms with E-state index in [-0.39, 0.29) is 0 Å². The van der Waals surface area contributed by atoms with Gasteiger partial charge in [0.1, 0.15) is 0 Å². The number of hydrogen-bond acceptors (Lipinski definition) is 4. The molecule has 3 rings (SSSR count). The van der Waals surface area contributed by atoms with Crippen molar-refractivity contribution in [1.82, 2.24) is 9.88 Å². The Kier molecular flexibility index (Phi) is 4.42. The van der Waals surface area contributed by atoms with Crippen LogP contribution in [0.5, 0.6) is 0 Å². The predicted molar refractivity (Wildman–Crippen MR) is 90.4 cm³/mol. The molecule has 1 N–H and O–H groups in total. The molecule has 0 bridgehead atoms. The monoisotopic (exact) mass is 303 g/mol. The molecule has 2 saturated heterocycles. The zero-order valence-electron chi connectivity index (χ0n) is 14.1. The van der Waals surface area contributed by atoms with Gasteiger partial charge < -0.3 is 14.9 Å². The summed E-state index contributed by atoms with van der Waals surface area (Å²) in [6, 6.07) is 4.65. The lowest BCUT2D eigenvalue weighted by Gasteiger charge is -2.44. The van der Waals surface area contributed by atoms with Crippen LogP contribution in [0.1, 0.15) is 51.1 Å². The summed E-state index contributed by atoms with van der Waals surface area (Å²) < 4.78 is 0. The minimum atomic E-state index is -0.507. The molecule has 1 atom stereocenters. The molecule has 0 radical (unpaired) electrons. The van der Waals surface area contributed by atoms with Crippen LogP contribution >= 0.6 is 0 Å². The van der Waals surface area contributed by atoms with E-state index >= 15 is 0 Å². The van der Waals surface area contributed by atoms with Gasteiger partial charge in [0.15, 0.2) is 0 Å². The standard InChI is InChI=1S/C18H29N3O/c1-14(2)16-7-6-15(13-19-16)21-11-8-18(22,9-12-21)17-5-4-10-20(17)3/h6-7,13-14,17,22H,4-5,8-12H2,1-3H3/t17-/m1/s1. The first-order valence-electron chi connectivity index (χ1n) is 8.63. The van der Waals surface area contributed by atoms with E-state index in [4.69, 9.17) is 0 Å². The molecule has 0 aliphatic carbocycles. The van der Waals surface area contributed by atoms with E-state index in [0.717, 1.165) is 44.6 Å². The molecule has 4 nitrogen and oxygen atoms in total. The average molecular weight is 303 g/mol. The van der Waals surface area contributed by atoms with E-state index in [9.17, 15) is 5.11 Å². The lowest BCUT2D eigenvalue weighted by atomic mass is 9.83. The molecular weight excluding hydrogens is 274 g/mol. The summed E-state index contributed by atoms with van der Waals surface area (Å²) in [5.74, 6) is 0.471. The highest BCUT2D eigenvalue weighted by molar-refractivity contribution is 5.45. The van der Waals surface area contributed by atoms with Crippen LogP contribution in [0.15, 0.2) is 18.3 Å². The summed E-state index contributed by atoms with van der Waals surface area (Å²) in [5, 5.41) is 11.0. The topological polar surface area (TPSA) is 39.6 Å². The van der Waals surface area contributed by atoms with Gasteiger partial charge in [-0.15, -0.1) is 0 Å². The zero-order valence-corrected chi connectivity index (χ0v) is 14.1. The van der Waals surface area contributed by atoms with Crippen molar-refractivity contribution in [3.8, 4) is 0 Å². The SMILES string of the molecule is CC(C)c1ccc(N2CCC(O)([C@H]3CCCN3C)CC2)cn1. The molecular formula is C18H29N3O. The highest BCUT2D eigenvalue weighted by Crippen LogP contribution is 2.35. The number of pyridine rings is 1. The third-order valence-electron chi connectivity index (χ3n) is 5.50. The van der Waals surface area contributed by atoms with Crippen molar-refractivity contribution < 1.29 is 5.11 Å². The Morgan fingerprint density at radius 3 is 2.45 bits per heavy atom. The maximum Gasteiger partial charge on any atom is 0.0835 e. The van der Waals surface area contributed by atoms with E-state index in [1.807, 2.05) is 6.20 Å². The Labute approximate surface area is 134 Å². The fraction of sp³-hybridized carbons (Fsp3) is 0.722. The molecule has 0 saturated carbocycles. The second-order valence-corrected chi connectivity index (χ2v) is 7.33. The Balaban J connectivity index is 1.63. The summed E-state index contributed by atoms with van der Waals surface area (Å²) >= 11 is 0. The average Bonchev–Trinajstić information content (AvgIpc) is 2.95. The van der Waals surface area contributed by atoms with Crippen molar-refractivity contribution in [2.75, 3.05) is 31.6 Å². The van der Waals surface area contributed by atoms with Crippen molar-refractivity contribution in [3.05, 3.63) is 24.0 Å². The van der Waals surface area contributed by atoms with Crippen LogP contribution in [0.2, 0.25) is 0 Å². The molecule has 0 spiro atoms. The highest BCUT2D eigenvalue weighted by Gasteiger charge is 2.43. The van der Waals surface area contributed by atoms with Gasteiger partial charge in [0.05, 0.1) is 17.5 Å². The Morgan fingerprint density at radius 1 is 1.23 bits per heavy atom. The molecule has 22 heavy (non-hydrogen) atoms. The largest absolute Gasteiger partial charge is 0.388 e. The van der Waals surface area contributed by atoms with Gasteiger partial charge in [-0.1, -0.05) is 13.8 Å². The van der Waals surface area contributed by atoms with Gasteiger partial charge in [0.2, 0.25) is 0 Å². The van der Waals surface area contributed by atoms with Crippen LogP contribution in [-0.4, -0.2) is 53.3 Å². The van der Waals surface area contributed by atoms with Crippen LogP contribution in [-0.2, 0) is 0 Å². The van der Waals surface area contributed by atoms with Gasteiger partial charge in [-0.3, -0.25) is 4.98 Å². The van der Waals surface area contributed by atoms with Gasteiger partial charge in [-0.25, -0.2) is 0 Å². The summed E-state index contributed by atoms with van der Waals surface area (Å²) in [6.07, 6.45) is 6.05. The molecule has 0 amide bonds. The minimum Gasteiger partial charge on any atom is -0.388 e. The number of nitrogens with zero attached hydrogens (tertiary/aromatic N) is 3. The molecule has 2 fully saturated rings. The van der Waals surface area contributed by atoms with Crippen molar-refractivity contribution in [2.45, 2.75) is 57.1 Å². The molecule has 0 unspecified atom stereocenters. The van der Waals surface area contributed by atoms with Crippen molar-refractivity contribution in [1.29, 1.82) is 0 Å². The van der Waals surface area contributed by atoms with E-state index in [2.05, 4.69) is 47.8 Å². The number of rotatable bonds is 3. The number of hydrogen-bond donors (Lipinski definition) is 1. The number of likely N-dealkylation sites (N-methyl/N-ethyl adjacent to an activating group) is 1. The normalized spacial score (nSPS) is 25.9. The zero-order chi connectivity index (χ0) is 15.7. The van der Waals surface area contributed by atoms with Crippen LogP contribution in [0.3, 0.4) is 0 Å². The van der Waals surface area contributed by atoms with Gasteiger partial charge >= 0.3 is 0 Å². The van der Waals surface area contributed by atoms with Crippen LogP contribution in [0.4, 0.5) is 5.69 Å². The molecule has 0 aromatic carbocycles. The maximum atomic E-state index is 11.0. The van der Waals surface area contributed by atoms with E-state index in [0.29, 0.717) is 12.0 Å². The number of aliphatic hydroxyl groups is 1. The second-order valence-electron chi connectivity index (χ2n) is 7.33. The van der Waals surface area contributed by atoms with Crippen LogP contribution < -0.4 is 4.90 Å². The predicted octanol–water partition coefficient (Wildman–Crippen LogP) is 2.63. The number of anilines is 1. The fourth-order valence-corrected chi connectivity index (χ4v) is 4.00. The Hall–Kier alpha value is -1.13. The van der Waals surface area contributed by atoms with E-state index in [1.54, 1.807) is 0 Å². The summed E-state index contributed by atoms with van der Waals surface area (Å²) in [5.41, 5.74) is 1.82. The number of aromatic nitrogens is 1. The molecule has 1 aromatic heterocycles. The quantitative estimate of drug-likeness (QED) is 0.932. The maximum absolute atomic E-state index is 11.0. The van der Waals surface area contributed by atoms with Crippen molar-refractivity contribution >= 4 is 5.69 Å². The Morgan fingerprint density at radius 2 is 1.95 bits per heavy atom. The lowest BCUT2D eigenvalue weighted by molar-refractivity contribution is -0.0449. The van der Waals surface area contributed by atoms with E-state index < -0.39 is 5.60 Å².